The van der Waals surface area contributed by atoms with E-state index in [1.807, 2.05) is 11.3 Å². The molecule has 50 heavy (non-hydrogen) atoms. The van der Waals surface area contributed by atoms with Crippen molar-refractivity contribution >= 4 is 106 Å². The Bertz CT molecular complexity index is 2870. The van der Waals surface area contributed by atoms with Gasteiger partial charge in [-0.1, -0.05) is 140 Å². The van der Waals surface area contributed by atoms with Crippen molar-refractivity contribution < 1.29 is 0 Å². The Morgan fingerprint density at radius 1 is 0.560 bits per heavy atom. The monoisotopic (exact) mass is 668 g/mol. The standard InChI is InChI=1S/C45H29BN2SSi/c1-28-26-34-31-19-12-20-33-42(31)48(43-32-18-8-10-23-38(32)49-45(33)43)46-35-21-13-25-40-44(35)47(37(27-28)41(34)46)36-22-9-11-24-39(36)50(40,29-14-4-2-5-15-29)30-16-6-3-7-17-30/h2-27H,1H3. The first-order valence-electron chi connectivity index (χ1n) is 17.5. The van der Waals surface area contributed by atoms with Gasteiger partial charge in [0.1, 0.15) is 0 Å². The summed E-state index contributed by atoms with van der Waals surface area (Å²) in [5.41, 5.74) is 13.5. The van der Waals surface area contributed by atoms with Crippen LogP contribution in [0.2, 0.25) is 0 Å². The van der Waals surface area contributed by atoms with E-state index in [1.54, 1.807) is 0 Å². The van der Waals surface area contributed by atoms with Gasteiger partial charge >= 0.3 is 6.85 Å². The lowest BCUT2D eigenvalue weighted by Gasteiger charge is -2.49. The van der Waals surface area contributed by atoms with Gasteiger partial charge in [-0.25, -0.2) is 0 Å². The number of hydrogen-bond acceptors (Lipinski definition) is 2. The van der Waals surface area contributed by atoms with Crippen LogP contribution in [0, 0.1) is 6.92 Å². The van der Waals surface area contributed by atoms with Gasteiger partial charge in [0, 0.05) is 43.6 Å². The van der Waals surface area contributed by atoms with E-state index in [9.17, 15) is 0 Å². The summed E-state index contributed by atoms with van der Waals surface area (Å²) in [6, 6.07) is 60.2. The van der Waals surface area contributed by atoms with Crippen molar-refractivity contribution in [3.05, 3.63) is 163 Å². The molecule has 2 nitrogen and oxygen atoms in total. The lowest BCUT2D eigenvalue weighted by Crippen LogP contribution is -2.78. The third-order valence-electron chi connectivity index (χ3n) is 11.6. The van der Waals surface area contributed by atoms with Gasteiger partial charge in [-0.3, -0.25) is 0 Å². The van der Waals surface area contributed by atoms with E-state index in [4.69, 9.17) is 0 Å². The highest BCUT2D eigenvalue weighted by molar-refractivity contribution is 7.27. The third-order valence-corrected chi connectivity index (χ3v) is 17.7. The largest absolute Gasteiger partial charge is 0.374 e. The zero-order valence-corrected chi connectivity index (χ0v) is 29.2. The number of nitrogens with zero attached hydrogens (tertiary/aromatic N) is 2. The zero-order valence-electron chi connectivity index (χ0n) is 27.4. The highest BCUT2D eigenvalue weighted by Crippen LogP contribution is 2.49. The summed E-state index contributed by atoms with van der Waals surface area (Å²) < 4.78 is 5.48. The number of thiophene rings is 1. The van der Waals surface area contributed by atoms with E-state index in [2.05, 4.69) is 174 Å². The Labute approximate surface area is 295 Å². The Balaban J connectivity index is 1.30. The fourth-order valence-electron chi connectivity index (χ4n) is 9.93. The molecule has 5 heterocycles. The quantitative estimate of drug-likeness (QED) is 0.174. The maximum absolute atomic E-state index is 2.76. The number of hydrogen-bond donors (Lipinski definition) is 0. The first-order valence-corrected chi connectivity index (χ1v) is 20.3. The molecule has 0 unspecified atom stereocenters. The Kier molecular flexibility index (Phi) is 5.20. The molecule has 7 aromatic carbocycles. The van der Waals surface area contributed by atoms with Crippen molar-refractivity contribution in [3.63, 3.8) is 0 Å². The van der Waals surface area contributed by atoms with Crippen LogP contribution in [-0.2, 0) is 0 Å². The van der Waals surface area contributed by atoms with Crippen molar-refractivity contribution in [3.8, 4) is 11.1 Å². The second-order valence-corrected chi connectivity index (χ2v) is 18.9. The molecular weight excluding hydrogens is 639 g/mol. The van der Waals surface area contributed by atoms with Crippen molar-refractivity contribution in [1.82, 2.24) is 4.48 Å². The molecule has 0 saturated heterocycles. The van der Waals surface area contributed by atoms with Gasteiger partial charge in [-0.05, 0) is 67.9 Å². The lowest BCUT2D eigenvalue weighted by molar-refractivity contribution is 1.25. The molecule has 5 heteroatoms. The molecule has 0 spiro atoms. The fraction of sp³-hybridized carbons (Fsp3) is 0.0222. The number of anilines is 3. The summed E-state index contributed by atoms with van der Waals surface area (Å²) in [5.74, 6) is 0. The number of benzene rings is 7. The van der Waals surface area contributed by atoms with Crippen LogP contribution in [0.15, 0.2) is 158 Å². The predicted molar refractivity (Wildman–Crippen MR) is 217 cm³/mol. The highest BCUT2D eigenvalue weighted by atomic mass is 32.1. The van der Waals surface area contributed by atoms with Crippen LogP contribution >= 0.6 is 11.3 Å². The smallest absolute Gasteiger partial charge is 0.333 e. The molecule has 3 aliphatic heterocycles. The summed E-state index contributed by atoms with van der Waals surface area (Å²) in [6.07, 6.45) is 0. The van der Waals surface area contributed by atoms with E-state index in [0.29, 0.717) is 0 Å². The summed E-state index contributed by atoms with van der Waals surface area (Å²) >= 11 is 1.94. The topological polar surface area (TPSA) is 8.17 Å². The fourth-order valence-corrected chi connectivity index (χ4v) is 16.3. The minimum absolute atomic E-state index is 0.0446. The molecule has 232 valence electrons. The van der Waals surface area contributed by atoms with E-state index in [0.717, 1.165) is 0 Å². The van der Waals surface area contributed by atoms with Crippen molar-refractivity contribution in [2.24, 2.45) is 0 Å². The number of aromatic nitrogens is 1. The van der Waals surface area contributed by atoms with Crippen LogP contribution in [0.25, 0.3) is 42.3 Å². The number of rotatable bonds is 2. The molecule has 3 aliphatic rings. The maximum Gasteiger partial charge on any atom is 0.333 e. The molecule has 2 aromatic heterocycles. The SMILES string of the molecule is Cc1cc2c3c(c1)N1c4ccccc4[Si](c4ccccc4)(c4ccccc4)c4cccc(c41)B3n1c3c-2cccc3c2sc3ccccc3c21. The number of para-hydroxylation sites is 3. The van der Waals surface area contributed by atoms with Gasteiger partial charge < -0.3 is 9.38 Å². The van der Waals surface area contributed by atoms with Crippen LogP contribution in [-0.4, -0.2) is 19.4 Å². The van der Waals surface area contributed by atoms with Crippen molar-refractivity contribution in [2.75, 3.05) is 4.90 Å². The van der Waals surface area contributed by atoms with Gasteiger partial charge in [0.25, 0.3) is 0 Å². The first kappa shape index (κ1) is 27.2. The van der Waals surface area contributed by atoms with Crippen LogP contribution < -0.4 is 36.6 Å². The van der Waals surface area contributed by atoms with Crippen LogP contribution in [0.1, 0.15) is 5.56 Å². The molecule has 0 aliphatic carbocycles. The van der Waals surface area contributed by atoms with Gasteiger partial charge in [-0.2, -0.15) is 0 Å². The summed E-state index contributed by atoms with van der Waals surface area (Å²) in [5, 5.41) is 8.47. The highest BCUT2D eigenvalue weighted by Gasteiger charge is 2.53. The second-order valence-electron chi connectivity index (χ2n) is 14.1. The molecule has 0 fully saturated rings. The van der Waals surface area contributed by atoms with Gasteiger partial charge in [0.15, 0.2) is 8.07 Å². The minimum atomic E-state index is -2.76. The third kappa shape index (κ3) is 3.13. The maximum atomic E-state index is 2.74. The zero-order chi connectivity index (χ0) is 32.7. The van der Waals surface area contributed by atoms with Crippen molar-refractivity contribution in [2.45, 2.75) is 6.92 Å². The Morgan fingerprint density at radius 3 is 2.06 bits per heavy atom. The molecule has 0 bridgehead atoms. The predicted octanol–water partition coefficient (Wildman–Crippen LogP) is 7.43. The van der Waals surface area contributed by atoms with Gasteiger partial charge in [0.2, 0.25) is 0 Å². The molecular formula is C45H29BN2SSi. The van der Waals surface area contributed by atoms with Crippen LogP contribution in [0.5, 0.6) is 0 Å². The molecule has 12 rings (SSSR count). The van der Waals surface area contributed by atoms with E-state index in [1.165, 1.54) is 96.6 Å². The van der Waals surface area contributed by atoms with E-state index in [-0.39, 0.29) is 6.85 Å². The minimum Gasteiger partial charge on any atom is -0.374 e. The molecule has 0 radical (unpaired) electrons. The number of fused-ring (bicyclic) bond motifs is 11. The normalized spacial score (nSPS) is 14.6. The average molecular weight is 669 g/mol. The van der Waals surface area contributed by atoms with Crippen LogP contribution in [0.4, 0.5) is 17.1 Å². The van der Waals surface area contributed by atoms with Crippen molar-refractivity contribution in [1.29, 1.82) is 0 Å². The second kappa shape index (κ2) is 9.54. The average Bonchev–Trinajstić information content (AvgIpc) is 3.71. The number of aryl methyl sites for hydroxylation is 1. The molecule has 0 saturated carbocycles. The molecule has 0 atom stereocenters. The molecule has 0 N–H and O–H groups in total. The lowest BCUT2D eigenvalue weighted by atomic mass is 9.45. The molecule has 9 aromatic rings. The first-order chi connectivity index (χ1) is 24.7. The summed E-state index contributed by atoms with van der Waals surface area (Å²) in [6.45, 7) is 2.32. The summed E-state index contributed by atoms with van der Waals surface area (Å²) in [7, 11) is -2.76. The Hall–Kier alpha value is -5.62. The van der Waals surface area contributed by atoms with E-state index < -0.39 is 8.07 Å². The summed E-state index contributed by atoms with van der Waals surface area (Å²) in [4.78, 5) is 2.65. The molecule has 0 amide bonds. The van der Waals surface area contributed by atoms with Crippen LogP contribution in [0.3, 0.4) is 0 Å². The van der Waals surface area contributed by atoms with E-state index >= 15 is 0 Å². The van der Waals surface area contributed by atoms with Gasteiger partial charge in [0.05, 0.1) is 10.2 Å². The van der Waals surface area contributed by atoms with Gasteiger partial charge in [-0.15, -0.1) is 11.3 Å². The Morgan fingerprint density at radius 2 is 1.24 bits per heavy atom.